The molecule has 1 aromatic carbocycles. The molecule has 2 atom stereocenters. The van der Waals surface area contributed by atoms with Crippen LogP contribution in [0.3, 0.4) is 0 Å². The standard InChI is InChI=1S/C20H26N2O4S2/c1-14-9-10-27-19(14)13-21(4)20(23)17-5-7-18(8-6-17)28(24,25)22-11-15(2)26-16(3)12-22/h5-10,15-16H,11-13H2,1-4H3/t15-,16-/m1/s1. The first-order chi connectivity index (χ1) is 13.2. The van der Waals surface area contributed by atoms with Gasteiger partial charge in [0.25, 0.3) is 5.91 Å². The van der Waals surface area contributed by atoms with Gasteiger partial charge < -0.3 is 9.64 Å². The van der Waals surface area contributed by atoms with E-state index in [0.717, 1.165) is 4.88 Å². The summed E-state index contributed by atoms with van der Waals surface area (Å²) in [4.78, 5) is 15.7. The van der Waals surface area contributed by atoms with Gasteiger partial charge in [-0.25, -0.2) is 8.42 Å². The van der Waals surface area contributed by atoms with Crippen molar-refractivity contribution in [3.63, 3.8) is 0 Å². The van der Waals surface area contributed by atoms with Gasteiger partial charge in [0.2, 0.25) is 10.0 Å². The third-order valence-electron chi connectivity index (χ3n) is 4.82. The average molecular weight is 423 g/mol. The van der Waals surface area contributed by atoms with Crippen molar-refractivity contribution in [1.29, 1.82) is 0 Å². The lowest BCUT2D eigenvalue weighted by Gasteiger charge is -2.34. The number of aryl methyl sites for hydroxylation is 1. The van der Waals surface area contributed by atoms with Crippen LogP contribution in [0.4, 0.5) is 0 Å². The van der Waals surface area contributed by atoms with E-state index in [4.69, 9.17) is 4.74 Å². The summed E-state index contributed by atoms with van der Waals surface area (Å²) in [6.07, 6.45) is -0.289. The quantitative estimate of drug-likeness (QED) is 0.743. The lowest BCUT2D eigenvalue weighted by Crippen LogP contribution is -2.48. The van der Waals surface area contributed by atoms with E-state index in [2.05, 4.69) is 0 Å². The molecule has 1 amide bonds. The highest BCUT2D eigenvalue weighted by Crippen LogP contribution is 2.22. The molecule has 6 nitrogen and oxygen atoms in total. The smallest absolute Gasteiger partial charge is 0.253 e. The number of amides is 1. The Bertz CT molecular complexity index is 927. The molecule has 2 aromatic rings. The molecule has 2 heterocycles. The number of nitrogens with zero attached hydrogens (tertiary/aromatic N) is 2. The van der Waals surface area contributed by atoms with Gasteiger partial charge in [-0.15, -0.1) is 11.3 Å². The Labute approximate surface area is 170 Å². The number of benzene rings is 1. The van der Waals surface area contributed by atoms with Crippen LogP contribution in [0.15, 0.2) is 40.6 Å². The third kappa shape index (κ3) is 4.46. The molecular formula is C20H26N2O4S2. The number of carbonyl (C=O) groups is 1. The predicted octanol–water partition coefficient (Wildman–Crippen LogP) is 3.13. The van der Waals surface area contributed by atoms with Crippen molar-refractivity contribution in [2.45, 2.75) is 44.4 Å². The number of sulfonamides is 1. The minimum Gasteiger partial charge on any atom is -0.373 e. The van der Waals surface area contributed by atoms with Crippen LogP contribution >= 0.6 is 11.3 Å². The predicted molar refractivity (Wildman–Crippen MR) is 110 cm³/mol. The molecule has 0 saturated carbocycles. The molecule has 1 aromatic heterocycles. The van der Waals surface area contributed by atoms with E-state index < -0.39 is 10.0 Å². The van der Waals surface area contributed by atoms with Crippen molar-refractivity contribution >= 4 is 27.3 Å². The summed E-state index contributed by atoms with van der Waals surface area (Å²) in [5, 5.41) is 2.01. The number of hydrogen-bond donors (Lipinski definition) is 0. The molecule has 1 aliphatic heterocycles. The first-order valence-electron chi connectivity index (χ1n) is 9.22. The summed E-state index contributed by atoms with van der Waals surface area (Å²) in [6.45, 7) is 6.95. The summed E-state index contributed by atoms with van der Waals surface area (Å²) < 4.78 is 32.9. The van der Waals surface area contributed by atoms with E-state index in [0.29, 0.717) is 25.2 Å². The molecular weight excluding hydrogens is 396 g/mol. The zero-order valence-electron chi connectivity index (χ0n) is 16.6. The molecule has 3 rings (SSSR count). The average Bonchev–Trinajstić information content (AvgIpc) is 3.05. The van der Waals surface area contributed by atoms with E-state index in [-0.39, 0.29) is 23.0 Å². The Balaban J connectivity index is 1.73. The van der Waals surface area contributed by atoms with Gasteiger partial charge in [0.05, 0.1) is 23.6 Å². The van der Waals surface area contributed by atoms with Crippen LogP contribution in [0.25, 0.3) is 0 Å². The minimum absolute atomic E-state index is 0.134. The molecule has 0 N–H and O–H groups in total. The van der Waals surface area contributed by atoms with Crippen LogP contribution in [0.2, 0.25) is 0 Å². The monoisotopic (exact) mass is 422 g/mol. The van der Waals surface area contributed by atoms with Crippen LogP contribution < -0.4 is 0 Å². The highest BCUT2D eigenvalue weighted by Gasteiger charge is 2.32. The van der Waals surface area contributed by atoms with Gasteiger partial charge in [0, 0.05) is 30.6 Å². The zero-order chi connectivity index (χ0) is 20.5. The van der Waals surface area contributed by atoms with E-state index in [1.807, 2.05) is 32.2 Å². The normalized spacial score (nSPS) is 20.9. The molecule has 1 saturated heterocycles. The van der Waals surface area contributed by atoms with Crippen LogP contribution in [-0.2, 0) is 21.3 Å². The first-order valence-corrected chi connectivity index (χ1v) is 11.5. The third-order valence-corrected chi connectivity index (χ3v) is 7.67. The van der Waals surface area contributed by atoms with Gasteiger partial charge in [-0.2, -0.15) is 4.31 Å². The second-order valence-corrected chi connectivity index (χ2v) is 10.2. The maximum Gasteiger partial charge on any atom is 0.253 e. The molecule has 1 fully saturated rings. The molecule has 0 aliphatic carbocycles. The second kappa shape index (κ2) is 8.32. The Hall–Kier alpha value is -1.74. The summed E-state index contributed by atoms with van der Waals surface area (Å²) in [7, 11) is -1.85. The van der Waals surface area contributed by atoms with E-state index in [9.17, 15) is 13.2 Å². The zero-order valence-corrected chi connectivity index (χ0v) is 18.2. The van der Waals surface area contributed by atoms with E-state index in [1.165, 1.54) is 22.0 Å². The highest BCUT2D eigenvalue weighted by molar-refractivity contribution is 7.89. The number of rotatable bonds is 5. The molecule has 152 valence electrons. The highest BCUT2D eigenvalue weighted by atomic mass is 32.2. The van der Waals surface area contributed by atoms with Crippen molar-refractivity contribution in [3.05, 3.63) is 51.7 Å². The number of morpholine rings is 1. The van der Waals surface area contributed by atoms with Gasteiger partial charge in [-0.1, -0.05) is 0 Å². The van der Waals surface area contributed by atoms with Crippen molar-refractivity contribution in [2.24, 2.45) is 0 Å². The Kier molecular flexibility index (Phi) is 6.24. The number of hydrogen-bond acceptors (Lipinski definition) is 5. The SMILES string of the molecule is Cc1ccsc1CN(C)C(=O)c1ccc(S(=O)(=O)N2C[C@@H](C)O[C@H](C)C2)cc1. The van der Waals surface area contributed by atoms with Gasteiger partial charge in [-0.05, 0) is 62.0 Å². The fourth-order valence-electron chi connectivity index (χ4n) is 3.32. The van der Waals surface area contributed by atoms with Crippen LogP contribution in [0.5, 0.6) is 0 Å². The molecule has 28 heavy (non-hydrogen) atoms. The number of thiophene rings is 1. The van der Waals surface area contributed by atoms with Crippen LogP contribution in [-0.4, -0.2) is 55.9 Å². The lowest BCUT2D eigenvalue weighted by molar-refractivity contribution is -0.0440. The van der Waals surface area contributed by atoms with E-state index >= 15 is 0 Å². The largest absolute Gasteiger partial charge is 0.373 e. The summed E-state index contributed by atoms with van der Waals surface area (Å²) >= 11 is 1.62. The Morgan fingerprint density at radius 2 is 1.79 bits per heavy atom. The van der Waals surface area contributed by atoms with E-state index in [1.54, 1.807) is 35.4 Å². The molecule has 0 bridgehead atoms. The van der Waals surface area contributed by atoms with Crippen molar-refractivity contribution in [2.75, 3.05) is 20.1 Å². The van der Waals surface area contributed by atoms with Gasteiger partial charge in [-0.3, -0.25) is 4.79 Å². The van der Waals surface area contributed by atoms with Gasteiger partial charge in [0.15, 0.2) is 0 Å². The maximum atomic E-state index is 12.9. The maximum absolute atomic E-state index is 12.9. The minimum atomic E-state index is -3.61. The van der Waals surface area contributed by atoms with Crippen LogP contribution in [0, 0.1) is 6.92 Å². The molecule has 1 aliphatic rings. The second-order valence-electron chi connectivity index (χ2n) is 7.29. The van der Waals surface area contributed by atoms with Gasteiger partial charge in [0.1, 0.15) is 0 Å². The molecule has 0 radical (unpaired) electrons. The fraction of sp³-hybridized carbons (Fsp3) is 0.450. The van der Waals surface area contributed by atoms with Crippen molar-refractivity contribution < 1.29 is 17.9 Å². The number of carbonyl (C=O) groups excluding carboxylic acids is 1. The van der Waals surface area contributed by atoms with Crippen LogP contribution in [0.1, 0.15) is 34.6 Å². The number of ether oxygens (including phenoxy) is 1. The fourth-order valence-corrected chi connectivity index (χ4v) is 5.87. The summed E-state index contributed by atoms with van der Waals surface area (Å²) in [6, 6.07) is 8.22. The van der Waals surface area contributed by atoms with Gasteiger partial charge >= 0.3 is 0 Å². The molecule has 0 unspecified atom stereocenters. The molecule has 0 spiro atoms. The van der Waals surface area contributed by atoms with Crippen molar-refractivity contribution in [1.82, 2.24) is 9.21 Å². The Morgan fingerprint density at radius 1 is 1.18 bits per heavy atom. The summed E-state index contributed by atoms with van der Waals surface area (Å²) in [5.74, 6) is -0.134. The first kappa shape index (κ1) is 21.0. The van der Waals surface area contributed by atoms with Crippen molar-refractivity contribution in [3.8, 4) is 0 Å². The Morgan fingerprint density at radius 3 is 2.32 bits per heavy atom. The lowest BCUT2D eigenvalue weighted by atomic mass is 10.2. The summed E-state index contributed by atoms with van der Waals surface area (Å²) in [5.41, 5.74) is 1.64. The topological polar surface area (TPSA) is 66.9 Å². The molecule has 8 heteroatoms.